The van der Waals surface area contributed by atoms with Crippen LogP contribution in [0.4, 0.5) is 0 Å². The summed E-state index contributed by atoms with van der Waals surface area (Å²) in [5.41, 5.74) is 2.60. The molecule has 0 N–H and O–H groups in total. The van der Waals surface area contributed by atoms with Gasteiger partial charge in [-0.15, -0.1) is 0 Å². The maximum Gasteiger partial charge on any atom is 0.255 e. The third kappa shape index (κ3) is 2.92. The van der Waals surface area contributed by atoms with Crippen LogP contribution >= 0.6 is 0 Å². The van der Waals surface area contributed by atoms with Crippen LogP contribution in [0.3, 0.4) is 0 Å². The van der Waals surface area contributed by atoms with E-state index in [0.717, 1.165) is 30.5 Å². The van der Waals surface area contributed by atoms with Crippen molar-refractivity contribution >= 4 is 5.91 Å². The van der Waals surface area contributed by atoms with Crippen molar-refractivity contribution in [2.75, 3.05) is 26.3 Å². The number of rotatable bonds is 2. The summed E-state index contributed by atoms with van der Waals surface area (Å²) >= 11 is 0. The van der Waals surface area contributed by atoms with Gasteiger partial charge in [0.25, 0.3) is 5.91 Å². The normalized spacial score (nSPS) is 19.6. The maximum atomic E-state index is 12.9. The summed E-state index contributed by atoms with van der Waals surface area (Å²) in [6.45, 7) is 2.42. The quantitative estimate of drug-likeness (QED) is 0.852. The Labute approximate surface area is 141 Å². The third-order valence-corrected chi connectivity index (χ3v) is 4.61. The fourth-order valence-corrected chi connectivity index (χ4v) is 3.42. The second kappa shape index (κ2) is 6.34. The summed E-state index contributed by atoms with van der Waals surface area (Å²) in [6, 6.07) is 11.9. The number of nitrogens with zero attached hydrogens (tertiary/aromatic N) is 2. The highest BCUT2D eigenvalue weighted by Gasteiger charge is 2.42. The first-order chi connectivity index (χ1) is 11.8. The van der Waals surface area contributed by atoms with Crippen LogP contribution in [-0.2, 0) is 9.47 Å². The van der Waals surface area contributed by atoms with Gasteiger partial charge in [-0.05, 0) is 18.1 Å². The fraction of sp³-hybridized carbons (Fsp3) is 0.368. The largest absolute Gasteiger partial charge is 0.346 e. The Morgan fingerprint density at radius 1 is 1.08 bits per heavy atom. The van der Waals surface area contributed by atoms with E-state index in [0.29, 0.717) is 25.3 Å². The van der Waals surface area contributed by atoms with Crippen LogP contribution in [0.15, 0.2) is 48.8 Å². The number of likely N-dealkylation sites (tertiary alicyclic amines) is 1. The molecule has 1 aromatic carbocycles. The molecule has 3 heterocycles. The lowest BCUT2D eigenvalue weighted by atomic mass is 10.0. The van der Waals surface area contributed by atoms with E-state index < -0.39 is 5.79 Å². The highest BCUT2D eigenvalue weighted by atomic mass is 16.7. The average Bonchev–Trinajstić information content (AvgIpc) is 3.09. The smallest absolute Gasteiger partial charge is 0.255 e. The van der Waals surface area contributed by atoms with Crippen LogP contribution in [-0.4, -0.2) is 47.9 Å². The number of hydrogen-bond acceptors (Lipinski definition) is 4. The summed E-state index contributed by atoms with van der Waals surface area (Å²) in [6.07, 6.45) is 5.15. The van der Waals surface area contributed by atoms with Crippen molar-refractivity contribution in [3.8, 4) is 11.1 Å². The Kier molecular flexibility index (Phi) is 4.04. The van der Waals surface area contributed by atoms with E-state index in [2.05, 4.69) is 4.98 Å². The molecular weight excluding hydrogens is 304 g/mol. The topological polar surface area (TPSA) is 51.7 Å². The number of amides is 1. The highest BCUT2D eigenvalue weighted by molar-refractivity contribution is 5.95. The molecule has 2 aliphatic rings. The molecular formula is C19H20N2O3. The molecule has 1 spiro atoms. The van der Waals surface area contributed by atoms with Crippen molar-refractivity contribution < 1.29 is 14.3 Å². The van der Waals surface area contributed by atoms with Crippen LogP contribution in [0, 0.1) is 0 Å². The number of aromatic nitrogens is 1. The van der Waals surface area contributed by atoms with Gasteiger partial charge < -0.3 is 14.4 Å². The van der Waals surface area contributed by atoms with Crippen LogP contribution in [0.2, 0.25) is 0 Å². The molecule has 5 heteroatoms. The zero-order valence-corrected chi connectivity index (χ0v) is 13.5. The van der Waals surface area contributed by atoms with Gasteiger partial charge in [0.2, 0.25) is 0 Å². The van der Waals surface area contributed by atoms with E-state index in [1.165, 1.54) is 0 Å². The Balaban J connectivity index is 1.56. The zero-order chi connectivity index (χ0) is 16.4. The molecule has 1 aromatic heterocycles. The first-order valence-electron chi connectivity index (χ1n) is 8.33. The van der Waals surface area contributed by atoms with Gasteiger partial charge in [0, 0.05) is 30.9 Å². The number of pyridine rings is 1. The van der Waals surface area contributed by atoms with Crippen molar-refractivity contribution in [1.82, 2.24) is 9.88 Å². The van der Waals surface area contributed by atoms with Crippen LogP contribution in [0.25, 0.3) is 11.1 Å². The van der Waals surface area contributed by atoms with Crippen molar-refractivity contribution in [3.05, 3.63) is 54.4 Å². The first kappa shape index (κ1) is 15.3. The van der Waals surface area contributed by atoms with Gasteiger partial charge in [-0.1, -0.05) is 30.3 Å². The monoisotopic (exact) mass is 324 g/mol. The van der Waals surface area contributed by atoms with E-state index in [9.17, 15) is 4.79 Å². The number of carbonyl (C=O) groups excluding carboxylic acids is 1. The predicted octanol–water partition coefficient (Wildman–Crippen LogP) is 2.73. The van der Waals surface area contributed by atoms with Gasteiger partial charge in [-0.25, -0.2) is 0 Å². The Morgan fingerprint density at radius 2 is 1.88 bits per heavy atom. The fourth-order valence-electron chi connectivity index (χ4n) is 3.42. The van der Waals surface area contributed by atoms with Gasteiger partial charge in [0.15, 0.2) is 5.79 Å². The second-order valence-electron chi connectivity index (χ2n) is 6.27. The first-order valence-corrected chi connectivity index (χ1v) is 8.33. The minimum absolute atomic E-state index is 0.0153. The van der Waals surface area contributed by atoms with Crippen molar-refractivity contribution in [3.63, 3.8) is 0 Å². The van der Waals surface area contributed by atoms with E-state index in [4.69, 9.17) is 9.47 Å². The summed E-state index contributed by atoms with van der Waals surface area (Å²) in [5, 5.41) is 0. The van der Waals surface area contributed by atoms with Crippen LogP contribution < -0.4 is 0 Å². The van der Waals surface area contributed by atoms with E-state index in [1.54, 1.807) is 12.4 Å². The third-order valence-electron chi connectivity index (χ3n) is 4.61. The molecule has 0 bridgehead atoms. The molecule has 4 rings (SSSR count). The molecule has 5 nitrogen and oxygen atoms in total. The number of benzene rings is 1. The maximum absolute atomic E-state index is 12.9. The van der Waals surface area contributed by atoms with Crippen LogP contribution in [0.1, 0.15) is 23.2 Å². The second-order valence-corrected chi connectivity index (χ2v) is 6.27. The minimum atomic E-state index is -0.599. The van der Waals surface area contributed by atoms with Gasteiger partial charge in [0.1, 0.15) is 0 Å². The van der Waals surface area contributed by atoms with E-state index in [1.807, 2.05) is 41.3 Å². The predicted molar refractivity (Wildman–Crippen MR) is 89.4 cm³/mol. The van der Waals surface area contributed by atoms with Crippen molar-refractivity contribution in [2.24, 2.45) is 0 Å². The molecule has 2 saturated heterocycles. The van der Waals surface area contributed by atoms with Gasteiger partial charge in [-0.3, -0.25) is 9.78 Å². The van der Waals surface area contributed by atoms with Crippen molar-refractivity contribution in [2.45, 2.75) is 18.6 Å². The molecule has 2 aromatic rings. The van der Waals surface area contributed by atoms with E-state index in [-0.39, 0.29) is 5.91 Å². The van der Waals surface area contributed by atoms with E-state index >= 15 is 0 Å². The summed E-state index contributed by atoms with van der Waals surface area (Å²) in [7, 11) is 0. The minimum Gasteiger partial charge on any atom is -0.346 e. The summed E-state index contributed by atoms with van der Waals surface area (Å²) in [4.78, 5) is 19.0. The molecule has 1 amide bonds. The zero-order valence-electron chi connectivity index (χ0n) is 13.5. The lowest BCUT2D eigenvalue weighted by Crippen LogP contribution is -2.51. The number of ether oxygens (including phenoxy) is 2. The molecule has 0 unspecified atom stereocenters. The molecule has 0 atom stereocenters. The van der Waals surface area contributed by atoms with Gasteiger partial charge in [0.05, 0.1) is 25.3 Å². The number of carbonyl (C=O) groups is 1. The number of piperidine rings is 1. The molecule has 124 valence electrons. The number of hydrogen-bond donors (Lipinski definition) is 0. The summed E-state index contributed by atoms with van der Waals surface area (Å²) in [5.74, 6) is -0.614. The standard InChI is InChI=1S/C19H20N2O3/c22-18(21-8-4-7-19(14-21)23-9-10-24-19)17-11-16(12-20-13-17)15-5-2-1-3-6-15/h1-3,5-6,11-13H,4,7-10,14H2. The molecule has 0 saturated carbocycles. The molecule has 24 heavy (non-hydrogen) atoms. The van der Waals surface area contributed by atoms with Crippen molar-refractivity contribution in [1.29, 1.82) is 0 Å². The average molecular weight is 324 g/mol. The lowest BCUT2D eigenvalue weighted by molar-refractivity contribution is -0.183. The Morgan fingerprint density at radius 3 is 2.67 bits per heavy atom. The van der Waals surface area contributed by atoms with Gasteiger partial charge >= 0.3 is 0 Å². The Bertz CT molecular complexity index is 726. The summed E-state index contributed by atoms with van der Waals surface area (Å²) < 4.78 is 11.5. The SMILES string of the molecule is O=C(c1cncc(-c2ccccc2)c1)N1CCCC2(C1)OCCO2. The molecule has 2 aliphatic heterocycles. The lowest BCUT2D eigenvalue weighted by Gasteiger charge is -2.38. The Hall–Kier alpha value is -2.24. The molecule has 2 fully saturated rings. The van der Waals surface area contributed by atoms with Gasteiger partial charge in [-0.2, -0.15) is 0 Å². The molecule has 0 aliphatic carbocycles. The molecule has 0 radical (unpaired) electrons. The highest BCUT2D eigenvalue weighted by Crippen LogP contribution is 2.31. The van der Waals surface area contributed by atoms with Crippen LogP contribution in [0.5, 0.6) is 0 Å².